The molecule has 44 heavy (non-hydrogen) atoms. The van der Waals surface area contributed by atoms with Crippen molar-refractivity contribution in [1.29, 1.82) is 0 Å². The van der Waals surface area contributed by atoms with Gasteiger partial charge in [0.1, 0.15) is 16.8 Å². The van der Waals surface area contributed by atoms with Gasteiger partial charge in [-0.15, -0.1) is 0 Å². The zero-order chi connectivity index (χ0) is 30.4. The van der Waals surface area contributed by atoms with E-state index >= 15 is 4.39 Å². The highest BCUT2D eigenvalue weighted by Gasteiger charge is 2.29. The van der Waals surface area contributed by atoms with Crippen LogP contribution >= 0.6 is 0 Å². The summed E-state index contributed by atoms with van der Waals surface area (Å²) in [6.45, 7) is 4.14. The van der Waals surface area contributed by atoms with Gasteiger partial charge in [-0.25, -0.2) is 4.39 Å². The molecule has 224 valence electrons. The van der Waals surface area contributed by atoms with Crippen LogP contribution in [0.1, 0.15) is 10.4 Å². The molecule has 0 saturated carbocycles. The summed E-state index contributed by atoms with van der Waals surface area (Å²) >= 11 is 0. The SMILES string of the molecule is CN(C)c1ccc(NC(=O)c2cn3c4c(c(NCCN5CCOCC5)c(F)cc4c2=O)Oc2c-3ccc3ccccc23)cc1. The Morgan fingerprint density at radius 1 is 0.977 bits per heavy atom. The maximum absolute atomic E-state index is 15.9. The zero-order valence-corrected chi connectivity index (χ0v) is 24.5. The standard InChI is InChI=1S/C34H32FN5O4/c1-38(2)23-10-8-22(9-11-23)37-34(42)26-20-40-28-12-7-21-5-3-4-6-24(21)32(28)44-33-29(27(35)19-25(30(33)40)31(26)41)36-13-14-39-15-17-43-18-16-39/h3-12,19-20,36H,13-18H2,1-2H3,(H,37,42). The maximum Gasteiger partial charge on any atom is 0.261 e. The van der Waals surface area contributed by atoms with Crippen LogP contribution in [0, 0.1) is 5.82 Å². The third-order valence-electron chi connectivity index (χ3n) is 8.24. The minimum absolute atomic E-state index is 0.0608. The Morgan fingerprint density at radius 3 is 2.52 bits per heavy atom. The summed E-state index contributed by atoms with van der Waals surface area (Å²) < 4.78 is 29.6. The van der Waals surface area contributed by atoms with Crippen molar-refractivity contribution >= 4 is 44.6 Å². The van der Waals surface area contributed by atoms with Crippen molar-refractivity contribution in [2.45, 2.75) is 0 Å². The van der Waals surface area contributed by atoms with Crippen molar-refractivity contribution in [2.75, 3.05) is 69.0 Å². The van der Waals surface area contributed by atoms with Gasteiger partial charge in [-0.05, 0) is 41.8 Å². The first-order valence-electron chi connectivity index (χ1n) is 14.6. The number of nitrogens with zero attached hydrogens (tertiary/aromatic N) is 3. The van der Waals surface area contributed by atoms with E-state index in [1.165, 1.54) is 12.3 Å². The minimum Gasteiger partial charge on any atom is -0.450 e. The third kappa shape index (κ3) is 4.91. The molecule has 2 N–H and O–H groups in total. The van der Waals surface area contributed by atoms with Gasteiger partial charge in [0.15, 0.2) is 17.3 Å². The number of morpholine rings is 1. The number of amides is 1. The van der Waals surface area contributed by atoms with E-state index in [9.17, 15) is 9.59 Å². The lowest BCUT2D eigenvalue weighted by Gasteiger charge is -2.28. The average Bonchev–Trinajstić information content (AvgIpc) is 3.04. The second-order valence-corrected chi connectivity index (χ2v) is 11.2. The number of anilines is 3. The predicted molar refractivity (Wildman–Crippen MR) is 172 cm³/mol. The number of carbonyl (C=O) groups is 1. The van der Waals surface area contributed by atoms with Crippen LogP contribution in [-0.2, 0) is 4.74 Å². The van der Waals surface area contributed by atoms with Gasteiger partial charge < -0.3 is 29.6 Å². The number of rotatable bonds is 7. The number of aromatic nitrogens is 1. The van der Waals surface area contributed by atoms with E-state index in [2.05, 4.69) is 15.5 Å². The van der Waals surface area contributed by atoms with E-state index in [0.29, 0.717) is 48.9 Å². The monoisotopic (exact) mass is 593 g/mol. The lowest BCUT2D eigenvalue weighted by atomic mass is 10.0. The third-order valence-corrected chi connectivity index (χ3v) is 8.24. The summed E-state index contributed by atoms with van der Waals surface area (Å²) in [6, 6.07) is 20.1. The Morgan fingerprint density at radius 2 is 1.75 bits per heavy atom. The molecule has 0 unspecified atom stereocenters. The van der Waals surface area contributed by atoms with Crippen LogP contribution in [0.5, 0.6) is 11.5 Å². The fourth-order valence-electron chi connectivity index (χ4n) is 5.88. The van der Waals surface area contributed by atoms with Crippen LogP contribution in [0.3, 0.4) is 0 Å². The highest BCUT2D eigenvalue weighted by atomic mass is 19.1. The Balaban J connectivity index is 1.34. The Kier molecular flexibility index (Phi) is 7.15. The van der Waals surface area contributed by atoms with E-state index in [1.807, 2.05) is 67.5 Å². The molecule has 7 rings (SSSR count). The molecular formula is C34H32FN5O4. The Labute approximate surface area is 253 Å². The normalized spacial score (nSPS) is 14.2. The summed E-state index contributed by atoms with van der Waals surface area (Å²) in [5, 5.41) is 7.90. The second kappa shape index (κ2) is 11.3. The molecule has 0 bridgehead atoms. The number of halogens is 1. The van der Waals surface area contributed by atoms with E-state index in [1.54, 1.807) is 16.7 Å². The summed E-state index contributed by atoms with van der Waals surface area (Å²) in [5.41, 5.74) is 2.06. The van der Waals surface area contributed by atoms with Crippen molar-refractivity contribution < 1.29 is 18.7 Å². The fourth-order valence-corrected chi connectivity index (χ4v) is 5.88. The van der Waals surface area contributed by atoms with Crippen molar-refractivity contribution in [3.05, 3.63) is 94.5 Å². The van der Waals surface area contributed by atoms with Gasteiger partial charge in [0.05, 0.1) is 24.3 Å². The van der Waals surface area contributed by atoms with Gasteiger partial charge in [0.2, 0.25) is 5.43 Å². The largest absolute Gasteiger partial charge is 0.450 e. The first-order valence-corrected chi connectivity index (χ1v) is 14.6. The molecule has 1 amide bonds. The van der Waals surface area contributed by atoms with Gasteiger partial charge in [-0.3, -0.25) is 14.5 Å². The molecule has 3 heterocycles. The molecule has 1 saturated heterocycles. The molecule has 9 nitrogen and oxygen atoms in total. The van der Waals surface area contributed by atoms with Crippen LogP contribution in [0.15, 0.2) is 77.7 Å². The molecule has 4 aromatic carbocycles. The van der Waals surface area contributed by atoms with Crippen molar-refractivity contribution in [1.82, 2.24) is 9.47 Å². The van der Waals surface area contributed by atoms with Crippen molar-refractivity contribution in [3.8, 4) is 17.2 Å². The number of ether oxygens (including phenoxy) is 2. The number of hydrogen-bond donors (Lipinski definition) is 2. The molecule has 2 aliphatic heterocycles. The Bertz CT molecular complexity index is 1970. The smallest absolute Gasteiger partial charge is 0.261 e. The molecule has 0 spiro atoms. The minimum atomic E-state index is -0.626. The van der Waals surface area contributed by atoms with Gasteiger partial charge in [-0.1, -0.05) is 30.3 Å². The maximum atomic E-state index is 15.9. The van der Waals surface area contributed by atoms with E-state index in [4.69, 9.17) is 9.47 Å². The summed E-state index contributed by atoms with van der Waals surface area (Å²) in [7, 11) is 3.86. The quantitative estimate of drug-likeness (QED) is 0.255. The lowest BCUT2D eigenvalue weighted by molar-refractivity contribution is 0.0398. The highest BCUT2D eigenvalue weighted by molar-refractivity contribution is 6.07. The molecule has 5 aromatic rings. The summed E-state index contributed by atoms with van der Waals surface area (Å²) in [4.78, 5) is 31.6. The summed E-state index contributed by atoms with van der Waals surface area (Å²) in [5.74, 6) is -0.470. The lowest BCUT2D eigenvalue weighted by Crippen LogP contribution is -2.39. The number of fused-ring (bicyclic) bond motifs is 4. The number of hydrogen-bond acceptors (Lipinski definition) is 7. The zero-order valence-electron chi connectivity index (χ0n) is 24.5. The van der Waals surface area contributed by atoms with Gasteiger partial charge >= 0.3 is 0 Å². The molecule has 2 aliphatic rings. The first kappa shape index (κ1) is 27.9. The average molecular weight is 594 g/mol. The number of nitrogens with one attached hydrogen (secondary N) is 2. The van der Waals surface area contributed by atoms with E-state index in [0.717, 1.165) is 29.5 Å². The Hall–Kier alpha value is -4.93. The van der Waals surface area contributed by atoms with Crippen LogP contribution in [0.25, 0.3) is 27.4 Å². The molecule has 0 radical (unpaired) electrons. The number of carbonyl (C=O) groups excluding carboxylic acids is 1. The summed E-state index contributed by atoms with van der Waals surface area (Å²) in [6.07, 6.45) is 1.53. The predicted octanol–water partition coefficient (Wildman–Crippen LogP) is 5.45. The molecule has 0 aliphatic carbocycles. The molecular weight excluding hydrogens is 561 g/mol. The van der Waals surface area contributed by atoms with Gasteiger partial charge in [-0.2, -0.15) is 0 Å². The molecule has 1 fully saturated rings. The fraction of sp³-hybridized carbons (Fsp3) is 0.235. The van der Waals surface area contributed by atoms with Crippen LogP contribution in [0.2, 0.25) is 0 Å². The highest BCUT2D eigenvalue weighted by Crippen LogP contribution is 2.47. The topological polar surface area (TPSA) is 88.1 Å². The van der Waals surface area contributed by atoms with Crippen LogP contribution < -0.4 is 25.7 Å². The molecule has 0 atom stereocenters. The first-order chi connectivity index (χ1) is 21.4. The molecule has 1 aromatic heterocycles. The number of benzene rings is 4. The van der Waals surface area contributed by atoms with Crippen molar-refractivity contribution in [3.63, 3.8) is 0 Å². The molecule has 10 heteroatoms. The van der Waals surface area contributed by atoms with Gasteiger partial charge in [0, 0.05) is 63.2 Å². The van der Waals surface area contributed by atoms with E-state index < -0.39 is 17.2 Å². The van der Waals surface area contributed by atoms with E-state index in [-0.39, 0.29) is 22.4 Å². The van der Waals surface area contributed by atoms with Crippen LogP contribution in [-0.4, -0.2) is 68.9 Å². The number of pyridine rings is 1. The van der Waals surface area contributed by atoms with Crippen molar-refractivity contribution in [2.24, 2.45) is 0 Å². The van der Waals surface area contributed by atoms with Crippen LogP contribution in [0.4, 0.5) is 21.5 Å². The van der Waals surface area contributed by atoms with Gasteiger partial charge in [0.25, 0.3) is 5.91 Å². The second-order valence-electron chi connectivity index (χ2n) is 11.2.